The first-order valence-electron chi connectivity index (χ1n) is 9.06. The fraction of sp³-hybridized carbons (Fsp3) is 0.300. The average Bonchev–Trinajstić information content (AvgIpc) is 2.77. The first-order chi connectivity index (χ1) is 14.0. The van der Waals surface area contributed by atoms with Crippen LogP contribution in [-0.2, 0) is 16.0 Å². The smallest absolute Gasteiger partial charge is 0.337 e. The third kappa shape index (κ3) is 4.88. The highest BCUT2D eigenvalue weighted by atomic mass is 16.6. The molecule has 152 valence electrons. The Labute approximate surface area is 167 Å². The summed E-state index contributed by atoms with van der Waals surface area (Å²) in [5.74, 6) is -0.622. The van der Waals surface area contributed by atoms with Crippen LogP contribution >= 0.6 is 0 Å². The van der Waals surface area contributed by atoms with E-state index < -0.39 is 10.9 Å². The minimum absolute atomic E-state index is 0.116. The van der Waals surface area contributed by atoms with Gasteiger partial charge in [-0.05, 0) is 29.8 Å². The van der Waals surface area contributed by atoms with Crippen molar-refractivity contribution in [3.63, 3.8) is 0 Å². The minimum Gasteiger partial charge on any atom is -0.465 e. The molecule has 0 spiro atoms. The van der Waals surface area contributed by atoms with Gasteiger partial charge in [0.1, 0.15) is 5.69 Å². The van der Waals surface area contributed by atoms with Crippen molar-refractivity contribution in [2.24, 2.45) is 0 Å². The Bertz CT molecular complexity index is 907. The maximum Gasteiger partial charge on any atom is 0.337 e. The topological polar surface area (TPSA) is 111 Å². The highest BCUT2D eigenvalue weighted by molar-refractivity contribution is 5.96. The summed E-state index contributed by atoms with van der Waals surface area (Å²) < 4.78 is 9.91. The van der Waals surface area contributed by atoms with E-state index in [-0.39, 0.29) is 23.8 Å². The third-order valence-electron chi connectivity index (χ3n) is 4.60. The fourth-order valence-electron chi connectivity index (χ4n) is 2.99. The first kappa shape index (κ1) is 20.3. The number of nitro benzene ring substituents is 1. The molecule has 0 atom stereocenters. The lowest BCUT2D eigenvalue weighted by atomic mass is 10.1. The zero-order valence-corrected chi connectivity index (χ0v) is 15.9. The molecule has 0 unspecified atom stereocenters. The SMILES string of the molecule is COC(=O)c1ccc(CNc2cc(C(=O)N3CCOCC3)ccc2[N+](=O)[O-])cc1. The van der Waals surface area contributed by atoms with Gasteiger partial charge in [0.2, 0.25) is 0 Å². The van der Waals surface area contributed by atoms with Crippen LogP contribution in [0.3, 0.4) is 0 Å². The van der Waals surface area contributed by atoms with Crippen LogP contribution < -0.4 is 5.32 Å². The van der Waals surface area contributed by atoms with Crippen LogP contribution in [0.1, 0.15) is 26.3 Å². The van der Waals surface area contributed by atoms with E-state index in [1.165, 1.54) is 25.3 Å². The van der Waals surface area contributed by atoms with Crippen molar-refractivity contribution in [1.29, 1.82) is 0 Å². The van der Waals surface area contributed by atoms with Crippen LogP contribution in [-0.4, -0.2) is 55.1 Å². The van der Waals surface area contributed by atoms with Gasteiger partial charge in [-0.3, -0.25) is 14.9 Å². The number of nitrogens with one attached hydrogen (secondary N) is 1. The Morgan fingerprint density at radius 1 is 1.14 bits per heavy atom. The summed E-state index contributed by atoms with van der Waals surface area (Å²) in [5.41, 5.74) is 1.75. The van der Waals surface area contributed by atoms with Gasteiger partial charge < -0.3 is 19.7 Å². The number of hydrogen-bond acceptors (Lipinski definition) is 7. The Kier molecular flexibility index (Phi) is 6.40. The zero-order valence-electron chi connectivity index (χ0n) is 15.9. The number of methoxy groups -OCH3 is 1. The van der Waals surface area contributed by atoms with Crippen LogP contribution in [0.25, 0.3) is 0 Å². The van der Waals surface area contributed by atoms with Gasteiger partial charge in [0.15, 0.2) is 0 Å². The van der Waals surface area contributed by atoms with Crippen molar-refractivity contribution >= 4 is 23.3 Å². The van der Waals surface area contributed by atoms with Crippen molar-refractivity contribution in [2.45, 2.75) is 6.54 Å². The largest absolute Gasteiger partial charge is 0.465 e. The lowest BCUT2D eigenvalue weighted by Crippen LogP contribution is -2.40. The van der Waals surface area contributed by atoms with Gasteiger partial charge in [0.25, 0.3) is 11.6 Å². The second-order valence-electron chi connectivity index (χ2n) is 6.44. The number of rotatable bonds is 6. The van der Waals surface area contributed by atoms with Gasteiger partial charge in [0.05, 0.1) is 30.8 Å². The van der Waals surface area contributed by atoms with E-state index in [0.29, 0.717) is 37.4 Å². The standard InChI is InChI=1S/C20H21N3O6/c1-28-20(25)15-4-2-14(3-5-15)13-21-17-12-16(6-7-18(17)23(26)27)19(24)22-8-10-29-11-9-22/h2-7,12,21H,8-11,13H2,1H3. The molecule has 9 heteroatoms. The zero-order chi connectivity index (χ0) is 20.8. The molecule has 1 aliphatic heterocycles. The summed E-state index contributed by atoms with van der Waals surface area (Å²) in [7, 11) is 1.31. The lowest BCUT2D eigenvalue weighted by molar-refractivity contribution is -0.384. The molecule has 2 aromatic carbocycles. The number of ether oxygens (including phenoxy) is 2. The monoisotopic (exact) mass is 399 g/mol. The number of carbonyl (C=O) groups excluding carboxylic acids is 2. The molecule has 9 nitrogen and oxygen atoms in total. The van der Waals surface area contributed by atoms with Gasteiger partial charge in [-0.2, -0.15) is 0 Å². The highest BCUT2D eigenvalue weighted by Gasteiger charge is 2.22. The number of amides is 1. The van der Waals surface area contributed by atoms with Gasteiger partial charge in [-0.15, -0.1) is 0 Å². The van der Waals surface area contributed by atoms with Crippen LogP contribution in [0.4, 0.5) is 11.4 Å². The molecule has 1 amide bonds. The maximum atomic E-state index is 12.7. The second-order valence-corrected chi connectivity index (χ2v) is 6.44. The number of hydrogen-bond donors (Lipinski definition) is 1. The van der Waals surface area contributed by atoms with Crippen LogP contribution in [0.5, 0.6) is 0 Å². The predicted molar refractivity (Wildman–Crippen MR) is 105 cm³/mol. The third-order valence-corrected chi connectivity index (χ3v) is 4.60. The van der Waals surface area contributed by atoms with Crippen molar-refractivity contribution in [2.75, 3.05) is 38.7 Å². The highest BCUT2D eigenvalue weighted by Crippen LogP contribution is 2.27. The molecular formula is C20H21N3O6. The predicted octanol–water partition coefficient (Wildman–Crippen LogP) is 2.47. The van der Waals surface area contributed by atoms with Crippen molar-refractivity contribution < 1.29 is 24.0 Å². The second kappa shape index (κ2) is 9.16. The van der Waals surface area contributed by atoms with Crippen molar-refractivity contribution in [3.8, 4) is 0 Å². The molecule has 1 aliphatic rings. The lowest BCUT2D eigenvalue weighted by Gasteiger charge is -2.27. The molecule has 3 rings (SSSR count). The molecule has 0 radical (unpaired) electrons. The van der Waals surface area contributed by atoms with E-state index in [0.717, 1.165) is 5.56 Å². The van der Waals surface area contributed by atoms with Crippen LogP contribution in [0, 0.1) is 10.1 Å². The van der Waals surface area contributed by atoms with E-state index in [2.05, 4.69) is 10.1 Å². The minimum atomic E-state index is -0.494. The average molecular weight is 399 g/mol. The number of carbonyl (C=O) groups is 2. The van der Waals surface area contributed by atoms with Gasteiger partial charge >= 0.3 is 5.97 Å². The Morgan fingerprint density at radius 3 is 2.41 bits per heavy atom. The quantitative estimate of drug-likeness (QED) is 0.451. The summed E-state index contributed by atoms with van der Waals surface area (Å²) in [5, 5.41) is 14.4. The van der Waals surface area contributed by atoms with E-state index in [1.807, 2.05) is 0 Å². The molecular weight excluding hydrogens is 378 g/mol. The molecule has 0 aliphatic carbocycles. The van der Waals surface area contributed by atoms with Crippen LogP contribution in [0.2, 0.25) is 0 Å². The summed E-state index contributed by atoms with van der Waals surface area (Å²) in [6.45, 7) is 2.23. The first-order valence-corrected chi connectivity index (χ1v) is 9.06. The molecule has 29 heavy (non-hydrogen) atoms. The van der Waals surface area contributed by atoms with Crippen molar-refractivity contribution in [3.05, 3.63) is 69.3 Å². The van der Waals surface area contributed by atoms with Crippen LogP contribution in [0.15, 0.2) is 42.5 Å². The van der Waals surface area contributed by atoms with E-state index in [1.54, 1.807) is 29.2 Å². The number of nitro groups is 1. The Hall–Kier alpha value is -3.46. The van der Waals surface area contributed by atoms with E-state index in [4.69, 9.17) is 4.74 Å². The molecule has 0 bridgehead atoms. The maximum absolute atomic E-state index is 12.7. The fourth-order valence-corrected chi connectivity index (χ4v) is 2.99. The molecule has 1 N–H and O–H groups in total. The molecule has 0 aromatic heterocycles. The molecule has 1 saturated heterocycles. The summed E-state index contributed by atoms with van der Waals surface area (Å²) in [6.07, 6.45) is 0. The molecule has 2 aromatic rings. The molecule has 1 heterocycles. The Balaban J connectivity index is 1.76. The van der Waals surface area contributed by atoms with E-state index in [9.17, 15) is 19.7 Å². The summed E-state index contributed by atoms with van der Waals surface area (Å²) in [4.78, 5) is 36.7. The summed E-state index contributed by atoms with van der Waals surface area (Å²) >= 11 is 0. The number of esters is 1. The number of benzene rings is 2. The van der Waals surface area contributed by atoms with Gasteiger partial charge in [-0.25, -0.2) is 4.79 Å². The molecule has 1 fully saturated rings. The summed E-state index contributed by atoms with van der Waals surface area (Å²) in [6, 6.07) is 11.0. The number of nitrogens with zero attached hydrogens (tertiary/aromatic N) is 2. The Morgan fingerprint density at radius 2 is 1.79 bits per heavy atom. The number of morpholine rings is 1. The molecule has 0 saturated carbocycles. The van der Waals surface area contributed by atoms with Gasteiger partial charge in [0, 0.05) is 31.3 Å². The van der Waals surface area contributed by atoms with Gasteiger partial charge in [-0.1, -0.05) is 12.1 Å². The normalized spacial score (nSPS) is 13.6. The van der Waals surface area contributed by atoms with Crippen molar-refractivity contribution in [1.82, 2.24) is 4.90 Å². The number of anilines is 1. The van der Waals surface area contributed by atoms with E-state index >= 15 is 0 Å².